The number of hydrogen-bond donors (Lipinski definition) is 0. The second-order valence-electron chi connectivity index (χ2n) is 10.3. The van der Waals surface area contributed by atoms with Gasteiger partial charge in [0.05, 0.1) is 0 Å². The summed E-state index contributed by atoms with van der Waals surface area (Å²) in [5.74, 6) is 2.07. The van der Waals surface area contributed by atoms with Gasteiger partial charge in [-0.3, -0.25) is 0 Å². The lowest BCUT2D eigenvalue weighted by Gasteiger charge is -2.38. The van der Waals surface area contributed by atoms with Gasteiger partial charge in [-0.15, -0.1) is 0 Å². The third-order valence-electron chi connectivity index (χ3n) is 8.22. The maximum Gasteiger partial charge on any atom is 0.144 e. The Morgan fingerprint density at radius 3 is 1.81 bits per heavy atom. The number of nitrogens with zero attached hydrogens (tertiary/aromatic N) is 1. The van der Waals surface area contributed by atoms with E-state index in [0.717, 1.165) is 24.2 Å². The smallest absolute Gasteiger partial charge is 0.144 e. The topological polar surface area (TPSA) is 23.8 Å². The van der Waals surface area contributed by atoms with E-state index in [9.17, 15) is 8.78 Å². The van der Waals surface area contributed by atoms with E-state index in [-0.39, 0.29) is 0 Å². The van der Waals surface area contributed by atoms with E-state index >= 15 is 0 Å². The van der Waals surface area contributed by atoms with Crippen LogP contribution in [0, 0.1) is 46.6 Å². The zero-order chi connectivity index (χ0) is 22.1. The number of nitriles is 1. The molecule has 0 bridgehead atoms. The highest BCUT2D eigenvalue weighted by molar-refractivity contribution is 5.35. The summed E-state index contributed by atoms with van der Waals surface area (Å²) in [5, 5.41) is 8.81. The van der Waals surface area contributed by atoms with Crippen LogP contribution in [0.1, 0.15) is 114 Å². The zero-order valence-electron chi connectivity index (χ0n) is 19.5. The van der Waals surface area contributed by atoms with Crippen molar-refractivity contribution in [1.29, 1.82) is 5.26 Å². The molecule has 0 saturated heterocycles. The normalized spacial score (nSPS) is 26.5. The quantitative estimate of drug-likeness (QED) is 0.341. The first-order chi connectivity index (χ1) is 15.1. The van der Waals surface area contributed by atoms with Crippen molar-refractivity contribution in [2.75, 3.05) is 0 Å². The number of halogens is 2. The molecule has 0 heterocycles. The van der Waals surface area contributed by atoms with Crippen LogP contribution < -0.4 is 0 Å². The van der Waals surface area contributed by atoms with Crippen molar-refractivity contribution in [1.82, 2.24) is 0 Å². The van der Waals surface area contributed by atoms with E-state index in [1.165, 1.54) is 102 Å². The standard InChI is InChI=1S/C28H41F2N/c1-2-3-4-5-6-7-21-10-14-24(15-11-21)25-16-12-22(13-17-25)8-9-23-18-27(29)26(20-31)28(30)19-23/h18-19,21-22,24-25H,2-17H2,1H3. The molecule has 172 valence electrons. The van der Waals surface area contributed by atoms with Crippen molar-refractivity contribution in [2.24, 2.45) is 23.7 Å². The van der Waals surface area contributed by atoms with Crippen LogP contribution in [0.25, 0.3) is 0 Å². The average Bonchev–Trinajstić information content (AvgIpc) is 2.78. The molecule has 2 fully saturated rings. The van der Waals surface area contributed by atoms with Gasteiger partial charge in [0.15, 0.2) is 0 Å². The van der Waals surface area contributed by atoms with Crippen LogP contribution in [-0.2, 0) is 6.42 Å². The first-order valence-electron chi connectivity index (χ1n) is 13.0. The summed E-state index contributed by atoms with van der Waals surface area (Å²) in [6, 6.07) is 4.29. The molecule has 1 nitrogen and oxygen atoms in total. The molecule has 0 radical (unpaired) electrons. The maximum absolute atomic E-state index is 13.8. The second-order valence-corrected chi connectivity index (χ2v) is 10.3. The lowest BCUT2D eigenvalue weighted by atomic mass is 9.68. The van der Waals surface area contributed by atoms with Gasteiger partial charge < -0.3 is 0 Å². The van der Waals surface area contributed by atoms with Gasteiger partial charge in [-0.05, 0) is 79.9 Å². The summed E-state index contributed by atoms with van der Waals surface area (Å²) in [6.45, 7) is 2.28. The van der Waals surface area contributed by atoms with E-state index in [2.05, 4.69) is 6.92 Å². The minimum absolute atomic E-state index is 0.463. The van der Waals surface area contributed by atoms with Gasteiger partial charge in [-0.1, -0.05) is 71.1 Å². The molecule has 3 heteroatoms. The number of unbranched alkanes of at least 4 members (excludes halogenated alkanes) is 4. The average molecular weight is 430 g/mol. The van der Waals surface area contributed by atoms with Gasteiger partial charge in [0.25, 0.3) is 0 Å². The van der Waals surface area contributed by atoms with Crippen LogP contribution in [0.3, 0.4) is 0 Å². The van der Waals surface area contributed by atoms with Crippen LogP contribution in [0.5, 0.6) is 0 Å². The van der Waals surface area contributed by atoms with Gasteiger partial charge in [-0.25, -0.2) is 8.78 Å². The Kier molecular flexibility index (Phi) is 9.82. The van der Waals surface area contributed by atoms with Crippen molar-refractivity contribution in [3.8, 4) is 6.07 Å². The van der Waals surface area contributed by atoms with Gasteiger partial charge in [-0.2, -0.15) is 5.26 Å². The molecule has 0 unspecified atom stereocenters. The molecular weight excluding hydrogens is 388 g/mol. The molecule has 3 rings (SSSR count). The third-order valence-corrected chi connectivity index (χ3v) is 8.22. The summed E-state index contributed by atoms with van der Waals surface area (Å²) in [4.78, 5) is 0. The summed E-state index contributed by atoms with van der Waals surface area (Å²) in [7, 11) is 0. The molecule has 1 aromatic carbocycles. The molecular formula is C28H41F2N. The highest BCUT2D eigenvalue weighted by Crippen LogP contribution is 2.43. The fourth-order valence-corrected chi connectivity index (χ4v) is 6.18. The summed E-state index contributed by atoms with van der Waals surface area (Å²) in [5.41, 5.74) is 0.222. The van der Waals surface area contributed by atoms with Gasteiger partial charge in [0, 0.05) is 0 Å². The second kappa shape index (κ2) is 12.6. The first-order valence-corrected chi connectivity index (χ1v) is 13.0. The molecule has 2 aliphatic rings. The van der Waals surface area contributed by atoms with Crippen LogP contribution in [0.2, 0.25) is 0 Å². The molecule has 2 aliphatic carbocycles. The predicted octanol–water partition coefficient (Wildman–Crippen LogP) is 8.74. The van der Waals surface area contributed by atoms with Gasteiger partial charge >= 0.3 is 0 Å². The van der Waals surface area contributed by atoms with E-state index in [1.807, 2.05) is 0 Å². The van der Waals surface area contributed by atoms with Crippen LogP contribution >= 0.6 is 0 Å². The predicted molar refractivity (Wildman–Crippen MR) is 124 cm³/mol. The molecule has 0 amide bonds. The number of aryl methyl sites for hydroxylation is 1. The molecule has 0 spiro atoms. The van der Waals surface area contributed by atoms with Crippen molar-refractivity contribution in [3.05, 3.63) is 34.9 Å². The zero-order valence-corrected chi connectivity index (χ0v) is 19.5. The van der Waals surface area contributed by atoms with Gasteiger partial charge in [0.1, 0.15) is 23.3 Å². The monoisotopic (exact) mass is 429 g/mol. The third kappa shape index (κ3) is 7.30. The van der Waals surface area contributed by atoms with E-state index in [4.69, 9.17) is 5.26 Å². The highest BCUT2D eigenvalue weighted by atomic mass is 19.1. The molecule has 0 aliphatic heterocycles. The fraction of sp³-hybridized carbons (Fsp3) is 0.750. The Labute approximate surface area is 188 Å². The fourth-order valence-electron chi connectivity index (χ4n) is 6.18. The largest absolute Gasteiger partial charge is 0.205 e. The summed E-state index contributed by atoms with van der Waals surface area (Å²) < 4.78 is 27.6. The molecule has 0 aromatic heterocycles. The van der Waals surface area contributed by atoms with E-state index in [1.54, 1.807) is 6.07 Å². The van der Waals surface area contributed by atoms with E-state index < -0.39 is 17.2 Å². The van der Waals surface area contributed by atoms with Crippen molar-refractivity contribution < 1.29 is 8.78 Å². The number of benzene rings is 1. The summed E-state index contributed by atoms with van der Waals surface area (Å²) >= 11 is 0. The minimum atomic E-state index is -0.724. The van der Waals surface area contributed by atoms with Crippen molar-refractivity contribution in [2.45, 2.75) is 110 Å². The Balaban J connectivity index is 1.33. The molecule has 2 saturated carbocycles. The molecule has 31 heavy (non-hydrogen) atoms. The number of hydrogen-bond acceptors (Lipinski definition) is 1. The molecule has 1 aromatic rings. The summed E-state index contributed by atoms with van der Waals surface area (Å²) in [6.07, 6.45) is 21.2. The SMILES string of the molecule is CCCCCCCC1CCC(C2CCC(CCc3cc(F)c(C#N)c(F)c3)CC2)CC1. The molecule has 0 N–H and O–H groups in total. The van der Waals surface area contributed by atoms with Gasteiger partial charge in [0.2, 0.25) is 0 Å². The number of rotatable bonds is 10. The Hall–Kier alpha value is -1.43. The van der Waals surface area contributed by atoms with E-state index in [0.29, 0.717) is 17.9 Å². The van der Waals surface area contributed by atoms with Crippen LogP contribution in [0.4, 0.5) is 8.78 Å². The Bertz CT molecular complexity index is 683. The minimum Gasteiger partial charge on any atom is -0.205 e. The van der Waals surface area contributed by atoms with Crippen molar-refractivity contribution >= 4 is 0 Å². The molecule has 0 atom stereocenters. The highest BCUT2D eigenvalue weighted by Gasteiger charge is 2.30. The van der Waals surface area contributed by atoms with Crippen LogP contribution in [-0.4, -0.2) is 0 Å². The van der Waals surface area contributed by atoms with Crippen molar-refractivity contribution in [3.63, 3.8) is 0 Å². The first kappa shape index (κ1) is 24.2. The Morgan fingerprint density at radius 1 is 0.774 bits per heavy atom. The Morgan fingerprint density at radius 2 is 1.29 bits per heavy atom. The lowest BCUT2D eigenvalue weighted by Crippen LogP contribution is -2.26. The lowest BCUT2D eigenvalue weighted by molar-refractivity contribution is 0.140. The van der Waals surface area contributed by atoms with Crippen LogP contribution in [0.15, 0.2) is 12.1 Å². The maximum atomic E-state index is 13.8.